The normalized spacial score (nSPS) is 19.3. The standard InChI is InChI=1S/C21H22FNO4/c22-17-5-2-6-19(12-17)27-13-14-3-1-4-16(11-14)20(24)23-18-9-7-15(8-10-18)21(25)26/h1-6,11-12,15,18H,7-10,13H2,(H,23,24)(H,25,26). The van der Waals surface area contributed by atoms with E-state index >= 15 is 0 Å². The summed E-state index contributed by atoms with van der Waals surface area (Å²) in [6.07, 6.45) is 2.51. The molecule has 0 spiro atoms. The Balaban J connectivity index is 1.55. The Morgan fingerprint density at radius 3 is 2.52 bits per heavy atom. The maximum atomic E-state index is 13.2. The van der Waals surface area contributed by atoms with Gasteiger partial charge in [-0.15, -0.1) is 0 Å². The van der Waals surface area contributed by atoms with Crippen molar-refractivity contribution in [3.05, 3.63) is 65.5 Å². The SMILES string of the molecule is O=C(NC1CCC(C(=O)O)CC1)c1cccc(COc2cccc(F)c2)c1. The maximum absolute atomic E-state index is 13.2. The van der Waals surface area contributed by atoms with Crippen molar-refractivity contribution in [1.29, 1.82) is 0 Å². The van der Waals surface area contributed by atoms with Gasteiger partial charge in [0.05, 0.1) is 5.92 Å². The molecule has 0 aliphatic heterocycles. The zero-order chi connectivity index (χ0) is 19.2. The number of halogens is 1. The largest absolute Gasteiger partial charge is 0.489 e. The van der Waals surface area contributed by atoms with Crippen LogP contribution in [0.5, 0.6) is 5.75 Å². The minimum atomic E-state index is -0.759. The van der Waals surface area contributed by atoms with Crippen LogP contribution in [0.25, 0.3) is 0 Å². The van der Waals surface area contributed by atoms with E-state index in [4.69, 9.17) is 9.84 Å². The molecule has 0 bridgehead atoms. The number of amides is 1. The summed E-state index contributed by atoms with van der Waals surface area (Å²) in [5.41, 5.74) is 1.33. The van der Waals surface area contributed by atoms with Crippen molar-refractivity contribution in [2.24, 2.45) is 5.92 Å². The Kier molecular flexibility index (Phi) is 6.06. The number of carboxylic acid groups (broad SMARTS) is 1. The van der Waals surface area contributed by atoms with E-state index in [-0.39, 0.29) is 30.3 Å². The van der Waals surface area contributed by atoms with Crippen LogP contribution in [0.15, 0.2) is 48.5 Å². The van der Waals surface area contributed by atoms with E-state index in [0.717, 1.165) is 5.56 Å². The minimum Gasteiger partial charge on any atom is -0.489 e. The molecule has 142 valence electrons. The zero-order valence-corrected chi connectivity index (χ0v) is 14.9. The molecule has 6 heteroatoms. The Hall–Kier alpha value is -2.89. The first-order valence-electron chi connectivity index (χ1n) is 9.02. The van der Waals surface area contributed by atoms with Gasteiger partial charge in [0.15, 0.2) is 0 Å². The highest BCUT2D eigenvalue weighted by atomic mass is 19.1. The molecule has 27 heavy (non-hydrogen) atoms. The summed E-state index contributed by atoms with van der Waals surface area (Å²) in [4.78, 5) is 23.5. The molecular formula is C21H22FNO4. The van der Waals surface area contributed by atoms with Gasteiger partial charge in [0, 0.05) is 17.7 Å². The summed E-state index contributed by atoms with van der Waals surface area (Å²) in [5, 5.41) is 12.0. The Morgan fingerprint density at radius 2 is 1.81 bits per heavy atom. The molecule has 2 N–H and O–H groups in total. The van der Waals surface area contributed by atoms with Gasteiger partial charge in [-0.3, -0.25) is 9.59 Å². The maximum Gasteiger partial charge on any atom is 0.306 e. The molecule has 1 aliphatic carbocycles. The lowest BCUT2D eigenvalue weighted by Crippen LogP contribution is -2.38. The van der Waals surface area contributed by atoms with Gasteiger partial charge >= 0.3 is 5.97 Å². The smallest absolute Gasteiger partial charge is 0.306 e. The van der Waals surface area contributed by atoms with Crippen molar-refractivity contribution < 1.29 is 23.8 Å². The van der Waals surface area contributed by atoms with Gasteiger partial charge in [-0.25, -0.2) is 4.39 Å². The van der Waals surface area contributed by atoms with Crippen LogP contribution in [-0.4, -0.2) is 23.0 Å². The zero-order valence-electron chi connectivity index (χ0n) is 14.9. The van der Waals surface area contributed by atoms with E-state index in [0.29, 0.717) is 37.0 Å². The van der Waals surface area contributed by atoms with E-state index in [1.807, 2.05) is 6.07 Å². The average molecular weight is 371 g/mol. The van der Waals surface area contributed by atoms with Crippen molar-refractivity contribution in [2.75, 3.05) is 0 Å². The molecule has 2 aromatic carbocycles. The fourth-order valence-electron chi connectivity index (χ4n) is 3.28. The van der Waals surface area contributed by atoms with Crippen molar-refractivity contribution in [3.8, 4) is 5.75 Å². The van der Waals surface area contributed by atoms with Gasteiger partial charge < -0.3 is 15.2 Å². The van der Waals surface area contributed by atoms with Gasteiger partial charge in [-0.05, 0) is 55.5 Å². The summed E-state index contributed by atoms with van der Waals surface area (Å²) >= 11 is 0. The Labute approximate surface area is 157 Å². The monoisotopic (exact) mass is 371 g/mol. The predicted octanol–water partition coefficient (Wildman–Crippen LogP) is 3.78. The van der Waals surface area contributed by atoms with Crippen molar-refractivity contribution in [2.45, 2.75) is 38.3 Å². The van der Waals surface area contributed by atoms with Crippen LogP contribution in [-0.2, 0) is 11.4 Å². The van der Waals surface area contributed by atoms with Crippen LogP contribution < -0.4 is 10.1 Å². The molecule has 2 aromatic rings. The van der Waals surface area contributed by atoms with Gasteiger partial charge in [-0.2, -0.15) is 0 Å². The number of ether oxygens (including phenoxy) is 1. The molecular weight excluding hydrogens is 349 g/mol. The van der Waals surface area contributed by atoms with Crippen LogP contribution in [0.1, 0.15) is 41.6 Å². The van der Waals surface area contributed by atoms with Gasteiger partial charge in [0.2, 0.25) is 0 Å². The van der Waals surface area contributed by atoms with Crippen LogP contribution in [0.2, 0.25) is 0 Å². The third-order valence-corrected chi connectivity index (χ3v) is 4.80. The number of hydrogen-bond acceptors (Lipinski definition) is 3. The summed E-state index contributed by atoms with van der Waals surface area (Å²) < 4.78 is 18.8. The molecule has 0 unspecified atom stereocenters. The lowest BCUT2D eigenvalue weighted by Gasteiger charge is -2.26. The fourth-order valence-corrected chi connectivity index (χ4v) is 3.28. The lowest BCUT2D eigenvalue weighted by atomic mass is 9.86. The molecule has 0 heterocycles. The number of carboxylic acids is 1. The molecule has 5 nitrogen and oxygen atoms in total. The number of carbonyl (C=O) groups is 2. The molecule has 0 aromatic heterocycles. The summed E-state index contributed by atoms with van der Waals surface area (Å²) in [6.45, 7) is 0.230. The average Bonchev–Trinajstić information content (AvgIpc) is 2.67. The molecule has 0 saturated heterocycles. The van der Waals surface area contributed by atoms with Gasteiger partial charge in [0.25, 0.3) is 5.91 Å². The van der Waals surface area contributed by atoms with E-state index in [9.17, 15) is 14.0 Å². The molecule has 1 fully saturated rings. The summed E-state index contributed by atoms with van der Waals surface area (Å²) in [6, 6.07) is 13.0. The van der Waals surface area contributed by atoms with E-state index in [2.05, 4.69) is 5.32 Å². The number of hydrogen-bond donors (Lipinski definition) is 2. The Bertz CT molecular complexity index is 815. The highest BCUT2D eigenvalue weighted by Crippen LogP contribution is 2.24. The topological polar surface area (TPSA) is 75.6 Å². The molecule has 1 amide bonds. The molecule has 0 radical (unpaired) electrons. The number of nitrogens with one attached hydrogen (secondary N) is 1. The first-order chi connectivity index (χ1) is 13.0. The summed E-state index contributed by atoms with van der Waals surface area (Å²) in [7, 11) is 0. The van der Waals surface area contributed by atoms with E-state index < -0.39 is 5.97 Å². The second-order valence-corrected chi connectivity index (χ2v) is 6.81. The summed E-state index contributed by atoms with van der Waals surface area (Å²) in [5.74, 6) is -1.17. The first-order valence-corrected chi connectivity index (χ1v) is 9.02. The lowest BCUT2D eigenvalue weighted by molar-refractivity contribution is -0.142. The number of benzene rings is 2. The second-order valence-electron chi connectivity index (χ2n) is 6.81. The number of carbonyl (C=O) groups excluding carboxylic acids is 1. The minimum absolute atomic E-state index is 0.000278. The number of aliphatic carboxylic acids is 1. The van der Waals surface area contributed by atoms with Crippen LogP contribution in [0.4, 0.5) is 4.39 Å². The Morgan fingerprint density at radius 1 is 1.07 bits per heavy atom. The molecule has 1 aliphatic rings. The van der Waals surface area contributed by atoms with E-state index in [1.165, 1.54) is 12.1 Å². The third-order valence-electron chi connectivity index (χ3n) is 4.80. The van der Waals surface area contributed by atoms with E-state index in [1.54, 1.807) is 30.3 Å². The first kappa shape index (κ1) is 18.9. The molecule has 1 saturated carbocycles. The van der Waals surface area contributed by atoms with Crippen molar-refractivity contribution in [1.82, 2.24) is 5.32 Å². The molecule has 3 rings (SSSR count). The predicted molar refractivity (Wildman–Crippen MR) is 98.0 cm³/mol. The van der Waals surface area contributed by atoms with Crippen molar-refractivity contribution in [3.63, 3.8) is 0 Å². The molecule has 0 atom stereocenters. The van der Waals surface area contributed by atoms with Crippen molar-refractivity contribution >= 4 is 11.9 Å². The van der Waals surface area contributed by atoms with Crippen LogP contribution >= 0.6 is 0 Å². The second kappa shape index (κ2) is 8.66. The number of rotatable bonds is 6. The van der Waals surface area contributed by atoms with Crippen LogP contribution in [0.3, 0.4) is 0 Å². The highest BCUT2D eigenvalue weighted by molar-refractivity contribution is 5.94. The highest BCUT2D eigenvalue weighted by Gasteiger charge is 2.26. The fraction of sp³-hybridized carbons (Fsp3) is 0.333. The third kappa shape index (κ3) is 5.29. The van der Waals surface area contributed by atoms with Gasteiger partial charge in [-0.1, -0.05) is 18.2 Å². The van der Waals surface area contributed by atoms with Gasteiger partial charge in [0.1, 0.15) is 18.2 Å². The quantitative estimate of drug-likeness (QED) is 0.810. The van der Waals surface area contributed by atoms with Crippen LogP contribution in [0, 0.1) is 11.7 Å².